The lowest BCUT2D eigenvalue weighted by Gasteiger charge is -2.22. The quantitative estimate of drug-likeness (QED) is 0.00837. The number of amides is 2. The van der Waals surface area contributed by atoms with Gasteiger partial charge in [-0.3, -0.25) is 46.3 Å². The van der Waals surface area contributed by atoms with Crippen molar-refractivity contribution in [3.63, 3.8) is 0 Å². The predicted octanol–water partition coefficient (Wildman–Crippen LogP) is 15.4. The van der Waals surface area contributed by atoms with Crippen molar-refractivity contribution in [2.75, 3.05) is 79.2 Å². The Hall–Kier alpha value is -8.84. The summed E-state index contributed by atoms with van der Waals surface area (Å²) in [7, 11) is -9.02. The maximum atomic E-state index is 14.0. The van der Waals surface area contributed by atoms with E-state index in [0.29, 0.717) is 38.5 Å². The van der Waals surface area contributed by atoms with Crippen LogP contribution in [0.3, 0.4) is 0 Å². The van der Waals surface area contributed by atoms with Crippen molar-refractivity contribution >= 4 is 51.3 Å². The molecule has 0 rings (SSSR count). The fourth-order valence-corrected chi connectivity index (χ4v) is 12.5. The smallest absolute Gasteiger partial charge is 0.462 e. The molecule has 0 aliphatic heterocycles. The highest BCUT2D eigenvalue weighted by molar-refractivity contribution is 7.48. The summed E-state index contributed by atoms with van der Waals surface area (Å²) in [6.07, 6.45) is 31.5. The molecule has 2 N–H and O–H groups in total. The van der Waals surface area contributed by atoms with Crippen molar-refractivity contribution in [3.05, 3.63) is 25.3 Å². The second kappa shape index (κ2) is 79.0. The summed E-state index contributed by atoms with van der Waals surface area (Å²) in [5.41, 5.74) is 0. The van der Waals surface area contributed by atoms with Gasteiger partial charge in [-0.15, -0.1) is 13.2 Å². The molecule has 0 saturated heterocycles. The fraction of sp³-hybridized carbons (Fsp3) is 0.626. The van der Waals surface area contributed by atoms with Gasteiger partial charge in [0.2, 0.25) is 11.8 Å². The summed E-state index contributed by atoms with van der Waals surface area (Å²) in [4.78, 5) is 78.2. The zero-order chi connectivity index (χ0) is 84.3. The number of phosphoric acid groups is 2. The summed E-state index contributed by atoms with van der Waals surface area (Å²) in [6, 6.07) is 0. The normalized spacial score (nSPS) is 11.9. The molecule has 115 heavy (non-hydrogen) atoms. The molecule has 0 aliphatic carbocycles. The van der Waals surface area contributed by atoms with Crippen LogP contribution in [-0.2, 0) is 93.5 Å². The molecule has 6 atom stereocenters. The molecule has 24 heteroatoms. The van der Waals surface area contributed by atoms with Crippen LogP contribution in [0, 0.1) is 142 Å². The summed E-state index contributed by atoms with van der Waals surface area (Å²) in [5.74, 6) is 55.1. The van der Waals surface area contributed by atoms with Crippen LogP contribution < -0.4 is 10.6 Å². The first-order valence-electron chi connectivity index (χ1n) is 40.7. The molecule has 0 saturated carbocycles. The summed E-state index contributed by atoms with van der Waals surface area (Å²) in [6.45, 7) is 15.4. The highest BCUT2D eigenvalue weighted by atomic mass is 31.2. The molecule has 2 unspecified atom stereocenters. The molecule has 0 fully saturated rings. The van der Waals surface area contributed by atoms with E-state index in [1.807, 2.05) is 0 Å². The summed E-state index contributed by atoms with van der Waals surface area (Å²) >= 11 is 0. The Kier molecular flexibility index (Phi) is 72.9. The third-order valence-electron chi connectivity index (χ3n) is 16.1. The monoisotopic (exact) mass is 1630 g/mol. The highest BCUT2D eigenvalue weighted by Crippen LogP contribution is 2.50. The number of rotatable bonds is 68. The van der Waals surface area contributed by atoms with Gasteiger partial charge < -0.3 is 39.1 Å². The Bertz CT molecular complexity index is 3500. The van der Waals surface area contributed by atoms with E-state index in [2.05, 4.69) is 194 Å². The highest BCUT2D eigenvalue weighted by Gasteiger charge is 2.31. The van der Waals surface area contributed by atoms with E-state index in [1.54, 1.807) is 13.8 Å². The van der Waals surface area contributed by atoms with Gasteiger partial charge >= 0.3 is 39.5 Å². The van der Waals surface area contributed by atoms with E-state index >= 15 is 0 Å². The number of carbonyl (C=O) groups is 6. The Morgan fingerprint density at radius 3 is 0.939 bits per heavy atom. The van der Waals surface area contributed by atoms with Crippen LogP contribution in [0.1, 0.15) is 266 Å². The van der Waals surface area contributed by atoms with E-state index in [9.17, 15) is 37.9 Å². The molecule has 2 amide bonds. The molecule has 22 nitrogen and oxygen atoms in total. The lowest BCUT2D eigenvalue weighted by Crippen LogP contribution is -2.34. The Balaban J connectivity index is 6.17. The van der Waals surface area contributed by atoms with Crippen LogP contribution in [0.4, 0.5) is 0 Å². The zero-order valence-electron chi connectivity index (χ0n) is 69.2. The first kappa shape index (κ1) is 106. The Morgan fingerprint density at radius 2 is 0.626 bits per heavy atom. The third-order valence-corrected chi connectivity index (χ3v) is 18.9. The molecule has 628 valence electrons. The molecule has 0 bridgehead atoms. The van der Waals surface area contributed by atoms with E-state index in [-0.39, 0.29) is 64.7 Å². The van der Waals surface area contributed by atoms with Crippen LogP contribution in [0.15, 0.2) is 25.3 Å². The van der Waals surface area contributed by atoms with E-state index in [0.717, 1.165) is 116 Å². The lowest BCUT2D eigenvalue weighted by atomic mass is 10.1. The van der Waals surface area contributed by atoms with Gasteiger partial charge in [-0.05, 0) is 171 Å². The second-order valence-corrected chi connectivity index (χ2v) is 29.4. The van der Waals surface area contributed by atoms with Crippen molar-refractivity contribution < 1.29 is 93.5 Å². The predicted molar refractivity (Wildman–Crippen MR) is 447 cm³/mol. The number of esters is 4. The van der Waals surface area contributed by atoms with Crippen molar-refractivity contribution in [1.29, 1.82) is 0 Å². The molecule has 0 spiro atoms. The van der Waals surface area contributed by atoms with Gasteiger partial charge in [0.15, 0.2) is 0 Å². The van der Waals surface area contributed by atoms with Gasteiger partial charge in [-0.25, -0.2) is 18.7 Å². The summed E-state index contributed by atoms with van der Waals surface area (Å²) < 4.78 is 96.3. The van der Waals surface area contributed by atoms with Gasteiger partial charge in [-0.1, -0.05) is 206 Å². The van der Waals surface area contributed by atoms with Crippen molar-refractivity contribution in [2.45, 2.75) is 291 Å². The first-order chi connectivity index (χ1) is 56.0. The van der Waals surface area contributed by atoms with Gasteiger partial charge in [-0.2, -0.15) is 0 Å². The third kappa shape index (κ3) is 71.4. The van der Waals surface area contributed by atoms with E-state index in [1.165, 1.54) is 76.4 Å². The van der Waals surface area contributed by atoms with Crippen molar-refractivity contribution in [3.8, 4) is 142 Å². The summed E-state index contributed by atoms with van der Waals surface area (Å²) in [5, 5.41) is 4.96. The standard InChI is InChI=1S/C91H124N2O20P2/c1-9-17-23-29-33-37-39-43-47-53-59-65-90(98)112-84(78-102-73-67-82(61-55-49-27-21-13-5)110-88(96)63-57-51-45-41-35-31-25-19-11-3)80-108-114(100,104-71-15-7)106-75-69-92-86(94)77-87(95)93-70-76-107-115(101,105-72-16-8)109-81-85(113-91(99)66-60-54-48-44-40-38-34-30-24-18-10-2)79-103-74-68-83(62-56-50-28-22-14-6)111-89(97)64-58-52-46-42-36-32-26-20-12-4/h15-16,82-85H,7-8,11-14,19-22,25-28,31-32,35-36,41-42,45-46,49-52,55-58,61-64,67-81H2,1-6H3,(H,92,94)(H,93,95)/t82-,83-,84-,85-,114?,115?/m1/s1. The molecular weight excluding hydrogens is 1500 g/mol. The van der Waals surface area contributed by atoms with Gasteiger partial charge in [0.1, 0.15) is 30.8 Å². The number of nitrogens with one attached hydrogen (secondary N) is 2. The Morgan fingerprint density at radius 1 is 0.330 bits per heavy atom. The number of carbonyl (C=O) groups excluding carboxylic acids is 6. The molecule has 0 aliphatic rings. The maximum absolute atomic E-state index is 14.0. The van der Waals surface area contributed by atoms with Crippen molar-refractivity contribution in [1.82, 2.24) is 10.6 Å². The minimum Gasteiger partial charge on any atom is -0.462 e. The number of hydrogen-bond acceptors (Lipinski definition) is 20. The molecule has 0 heterocycles. The van der Waals surface area contributed by atoms with Crippen LogP contribution >= 0.6 is 15.6 Å². The minimum atomic E-state index is -4.51. The van der Waals surface area contributed by atoms with Crippen LogP contribution in [-0.4, -0.2) is 139 Å². The van der Waals surface area contributed by atoms with Gasteiger partial charge in [0.25, 0.3) is 0 Å². The van der Waals surface area contributed by atoms with E-state index < -0.39 is 96.7 Å². The number of phosphoric ester groups is 2. The SMILES string of the molecule is C=CCOP(=O)(OCCNC(=O)CC(=O)NCCOP(=O)(OCC=C)OC[C@@H](COCC[C@@H](CCCCCCC)OC(=O)CCCCCCCCCCC)OC(=O)C#CC#CC#CC#CC#CC#CC)OC[C@@H](COCC[C@@H](CCCCCCC)OC(=O)CCCCCCCCCCC)OC(=O)C#CC#CC#CC#CC#CC#CC. The second-order valence-electron chi connectivity index (χ2n) is 26.0. The van der Waals surface area contributed by atoms with Crippen molar-refractivity contribution in [2.24, 2.45) is 0 Å². The van der Waals surface area contributed by atoms with Crippen LogP contribution in [0.25, 0.3) is 0 Å². The topological polar surface area (TPSA) is 271 Å². The number of unbranched alkanes of at least 4 members (excludes halogenated alkanes) is 24. The molecule has 0 aromatic rings. The molecule has 0 radical (unpaired) electrons. The minimum absolute atomic E-state index is 0.0898. The lowest BCUT2D eigenvalue weighted by molar-refractivity contribution is -0.152. The van der Waals surface area contributed by atoms with E-state index in [4.69, 9.17) is 55.6 Å². The fourth-order valence-electron chi connectivity index (χ4n) is 10.2. The van der Waals surface area contributed by atoms with Crippen LogP contribution in [0.2, 0.25) is 0 Å². The van der Waals surface area contributed by atoms with Gasteiger partial charge in [0, 0.05) is 50.6 Å². The number of hydrogen-bond donors (Lipinski definition) is 2. The molecule has 0 aromatic carbocycles. The number of ether oxygens (including phenoxy) is 6. The Labute approximate surface area is 689 Å². The molecule has 0 aromatic heterocycles. The average Bonchev–Trinajstić information content (AvgIpc) is 0.888. The van der Waals surface area contributed by atoms with Gasteiger partial charge in [0.05, 0.1) is 66.1 Å². The maximum Gasteiger partial charge on any atom is 0.475 e. The average molecular weight is 1630 g/mol. The molecular formula is C91H124N2O20P2. The van der Waals surface area contributed by atoms with Crippen LogP contribution in [0.5, 0.6) is 0 Å². The zero-order valence-corrected chi connectivity index (χ0v) is 71.0. The largest absolute Gasteiger partial charge is 0.475 e. The first-order valence-corrected chi connectivity index (χ1v) is 43.6.